The van der Waals surface area contributed by atoms with Crippen LogP contribution < -0.4 is 10.1 Å². The highest BCUT2D eigenvalue weighted by molar-refractivity contribution is 6.33. The quantitative estimate of drug-likeness (QED) is 0.305. The Morgan fingerprint density at radius 2 is 1.76 bits per heavy atom. The van der Waals surface area contributed by atoms with Gasteiger partial charge < -0.3 is 29.3 Å². The highest BCUT2D eigenvalue weighted by Crippen LogP contribution is 2.42. The Kier molecular flexibility index (Phi) is 10.9. The minimum atomic E-state index is -1.61. The highest BCUT2D eigenvalue weighted by Gasteiger charge is 2.48. The summed E-state index contributed by atoms with van der Waals surface area (Å²) < 4.78 is 16.5. The summed E-state index contributed by atoms with van der Waals surface area (Å²) in [5, 5.41) is 24.0. The first kappa shape index (κ1) is 31.1. The van der Waals surface area contributed by atoms with E-state index in [1.807, 2.05) is 37.4 Å². The maximum absolute atomic E-state index is 13.4. The van der Waals surface area contributed by atoms with Gasteiger partial charge in [0.1, 0.15) is 18.5 Å². The van der Waals surface area contributed by atoms with E-state index in [0.717, 1.165) is 38.5 Å². The average molecular weight is 589 g/mol. The van der Waals surface area contributed by atoms with E-state index in [9.17, 15) is 19.8 Å². The molecule has 0 bridgehead atoms. The van der Waals surface area contributed by atoms with Crippen molar-refractivity contribution in [2.24, 2.45) is 5.92 Å². The predicted octanol–water partition coefficient (Wildman–Crippen LogP) is 5.25. The normalized spacial score (nSPS) is 20.8. The summed E-state index contributed by atoms with van der Waals surface area (Å²) in [4.78, 5) is 27.9. The van der Waals surface area contributed by atoms with Crippen LogP contribution in [-0.4, -0.2) is 66.6 Å². The molecule has 0 aliphatic heterocycles. The molecular formula is C31H41ClN2O7. The molecule has 0 spiro atoms. The lowest BCUT2D eigenvalue weighted by Gasteiger charge is -2.37. The van der Waals surface area contributed by atoms with Gasteiger partial charge in [-0.1, -0.05) is 54.8 Å². The number of carbonyl (C=O) groups is 2. The molecule has 1 atom stereocenters. The van der Waals surface area contributed by atoms with Crippen LogP contribution in [0, 0.1) is 5.92 Å². The summed E-state index contributed by atoms with van der Waals surface area (Å²) in [7, 11) is 3.46. The Morgan fingerprint density at radius 3 is 2.39 bits per heavy atom. The maximum Gasteiger partial charge on any atom is 0.411 e. The van der Waals surface area contributed by atoms with Gasteiger partial charge in [-0.05, 0) is 57.2 Å². The number of nitrogens with one attached hydrogen (secondary N) is 1. The molecule has 2 aliphatic carbocycles. The number of aliphatic hydroxyl groups excluding tert-OH is 1. The molecule has 0 aromatic heterocycles. The molecule has 2 aromatic rings. The molecule has 2 aliphatic rings. The zero-order valence-corrected chi connectivity index (χ0v) is 24.6. The first-order chi connectivity index (χ1) is 19.8. The molecule has 9 nitrogen and oxygen atoms in total. The molecular weight excluding hydrogens is 548 g/mol. The number of amides is 1. The van der Waals surface area contributed by atoms with Crippen molar-refractivity contribution < 1.29 is 34.0 Å². The van der Waals surface area contributed by atoms with E-state index in [0.29, 0.717) is 42.0 Å². The van der Waals surface area contributed by atoms with E-state index in [-0.39, 0.29) is 36.3 Å². The van der Waals surface area contributed by atoms with Gasteiger partial charge >= 0.3 is 12.1 Å². The molecule has 2 fully saturated rings. The molecule has 2 aromatic carbocycles. The Balaban J connectivity index is 1.22. The number of carbonyl (C=O) groups excluding carboxylic acids is 2. The number of ether oxygens (including phenoxy) is 3. The van der Waals surface area contributed by atoms with Gasteiger partial charge in [0, 0.05) is 30.1 Å². The zero-order chi connectivity index (χ0) is 29.4. The number of likely N-dealkylation sites (N-methyl/N-ethyl adjacent to an activating group) is 1. The summed E-state index contributed by atoms with van der Waals surface area (Å²) >= 11 is 6.21. The molecule has 4 rings (SSSR count). The number of hydrogen-bond acceptors (Lipinski definition) is 8. The Labute approximate surface area is 246 Å². The van der Waals surface area contributed by atoms with Crippen molar-refractivity contribution in [3.63, 3.8) is 0 Å². The first-order valence-electron chi connectivity index (χ1n) is 14.4. The van der Waals surface area contributed by atoms with Crippen molar-refractivity contribution in [2.75, 3.05) is 32.6 Å². The van der Waals surface area contributed by atoms with E-state index in [1.54, 1.807) is 6.07 Å². The van der Waals surface area contributed by atoms with Gasteiger partial charge in [0.15, 0.2) is 5.60 Å². The lowest BCUT2D eigenvalue weighted by molar-refractivity contribution is -0.181. The standard InChI is InChI=1S/C31H41ClN2O7/c1-34(16-17-40-30(37)33-27-19-28(39-2)21(20-35)18-26(27)32)24-12-14-25(15-13-24)41-29(36)31(38,23-10-6-7-11-23)22-8-4-3-5-9-22/h3-5,8-9,18-19,23-25,35,38H,6-7,10-17,20H2,1-2H3,(H,33,37)/t24?,25?,31-/m0/s1. The zero-order valence-electron chi connectivity index (χ0n) is 23.8. The fourth-order valence-electron chi connectivity index (χ4n) is 6.02. The molecule has 224 valence electrons. The summed E-state index contributed by atoms with van der Waals surface area (Å²) in [6.45, 7) is 0.491. The topological polar surface area (TPSA) is 118 Å². The van der Waals surface area contributed by atoms with Crippen molar-refractivity contribution in [1.82, 2.24) is 4.90 Å². The number of halogens is 1. The Bertz CT molecular complexity index is 1170. The highest BCUT2D eigenvalue weighted by atomic mass is 35.5. The third-order valence-corrected chi connectivity index (χ3v) is 8.78. The molecule has 1 amide bonds. The van der Waals surface area contributed by atoms with E-state index in [1.165, 1.54) is 13.2 Å². The van der Waals surface area contributed by atoms with Gasteiger partial charge in [0.05, 0.1) is 24.4 Å². The smallest absolute Gasteiger partial charge is 0.411 e. The van der Waals surface area contributed by atoms with Gasteiger partial charge in [0.25, 0.3) is 0 Å². The summed E-state index contributed by atoms with van der Waals surface area (Å²) in [5.41, 5.74) is -0.153. The van der Waals surface area contributed by atoms with Gasteiger partial charge in [-0.2, -0.15) is 0 Å². The van der Waals surface area contributed by atoms with E-state index in [2.05, 4.69) is 10.2 Å². The monoisotopic (exact) mass is 588 g/mol. The molecule has 0 radical (unpaired) electrons. The second-order valence-corrected chi connectivity index (χ2v) is 11.4. The SMILES string of the molecule is COc1cc(NC(=O)OCCN(C)C2CCC(OC(=O)[C@](O)(c3ccccc3)C3CCCC3)CC2)c(Cl)cc1CO. The third kappa shape index (κ3) is 7.52. The average Bonchev–Trinajstić information content (AvgIpc) is 3.54. The number of methoxy groups -OCH3 is 1. The van der Waals surface area contributed by atoms with Crippen molar-refractivity contribution in [3.05, 3.63) is 58.6 Å². The van der Waals surface area contributed by atoms with Crippen molar-refractivity contribution in [3.8, 4) is 5.75 Å². The second-order valence-electron chi connectivity index (χ2n) is 11.0. The summed E-state index contributed by atoms with van der Waals surface area (Å²) in [6, 6.07) is 12.5. The van der Waals surface area contributed by atoms with E-state index >= 15 is 0 Å². The predicted molar refractivity (Wildman–Crippen MR) is 156 cm³/mol. The number of aliphatic hydroxyl groups is 2. The summed E-state index contributed by atoms with van der Waals surface area (Å²) in [6.07, 6.45) is 5.87. The molecule has 3 N–H and O–H groups in total. The van der Waals surface area contributed by atoms with E-state index in [4.69, 9.17) is 25.8 Å². The van der Waals surface area contributed by atoms with E-state index < -0.39 is 17.7 Å². The fraction of sp³-hybridized carbons (Fsp3) is 0.548. The van der Waals surface area contributed by atoms with Crippen molar-refractivity contribution in [2.45, 2.75) is 75.7 Å². The van der Waals surface area contributed by atoms with Crippen molar-refractivity contribution in [1.29, 1.82) is 0 Å². The first-order valence-corrected chi connectivity index (χ1v) is 14.7. The van der Waals surface area contributed by atoms with Crippen LogP contribution in [0.4, 0.5) is 10.5 Å². The largest absolute Gasteiger partial charge is 0.496 e. The van der Waals surface area contributed by atoms with Crippen molar-refractivity contribution >= 4 is 29.4 Å². The molecule has 10 heteroatoms. The Hall–Kier alpha value is -2.85. The lowest BCUT2D eigenvalue weighted by atomic mass is 9.80. The Morgan fingerprint density at radius 1 is 1.07 bits per heavy atom. The number of hydrogen-bond donors (Lipinski definition) is 3. The molecule has 0 saturated heterocycles. The van der Waals surface area contributed by atoms with Gasteiger partial charge in [-0.15, -0.1) is 0 Å². The molecule has 0 unspecified atom stereocenters. The number of anilines is 1. The number of benzene rings is 2. The summed E-state index contributed by atoms with van der Waals surface area (Å²) in [5.74, 6) is -0.248. The number of esters is 1. The van der Waals surface area contributed by atoms with Gasteiger partial charge in [-0.25, -0.2) is 9.59 Å². The van der Waals surface area contributed by atoms with Crippen LogP contribution in [-0.2, 0) is 26.5 Å². The fourth-order valence-corrected chi connectivity index (χ4v) is 6.25. The van der Waals surface area contributed by atoms with Crippen LogP contribution >= 0.6 is 11.6 Å². The molecule has 0 heterocycles. The van der Waals surface area contributed by atoms with Crippen LogP contribution in [0.5, 0.6) is 5.75 Å². The number of nitrogens with zero attached hydrogens (tertiary/aromatic N) is 1. The second kappa shape index (κ2) is 14.4. The third-order valence-electron chi connectivity index (χ3n) is 8.47. The van der Waals surface area contributed by atoms with Gasteiger partial charge in [0.2, 0.25) is 0 Å². The van der Waals surface area contributed by atoms with Crippen LogP contribution in [0.25, 0.3) is 0 Å². The van der Waals surface area contributed by atoms with Crippen LogP contribution in [0.1, 0.15) is 62.5 Å². The number of rotatable bonds is 11. The van der Waals surface area contributed by atoms with Gasteiger partial charge in [-0.3, -0.25) is 5.32 Å². The maximum atomic E-state index is 13.4. The van der Waals surface area contributed by atoms with Crippen LogP contribution in [0.15, 0.2) is 42.5 Å². The van der Waals surface area contributed by atoms with Crippen LogP contribution in [0.2, 0.25) is 5.02 Å². The minimum Gasteiger partial charge on any atom is -0.496 e. The molecule has 41 heavy (non-hydrogen) atoms. The van der Waals surface area contributed by atoms with Crippen LogP contribution in [0.3, 0.4) is 0 Å². The lowest BCUT2D eigenvalue weighted by Crippen LogP contribution is -2.46. The molecule has 2 saturated carbocycles. The minimum absolute atomic E-state index is 0.130.